The maximum Gasteiger partial charge on any atom is 0.269 e. The first-order valence-electron chi connectivity index (χ1n) is 7.12. The first-order valence-corrected chi connectivity index (χ1v) is 8.56. The van der Waals surface area contributed by atoms with E-state index in [1.165, 1.54) is 12.1 Å². The van der Waals surface area contributed by atoms with Gasteiger partial charge in [-0.3, -0.25) is 9.69 Å². The van der Waals surface area contributed by atoms with Gasteiger partial charge in [0, 0.05) is 26.2 Å². The Balaban J connectivity index is 2.01. The van der Waals surface area contributed by atoms with Gasteiger partial charge in [-0.05, 0) is 18.6 Å². The molecule has 0 saturated heterocycles. The molecule has 7 nitrogen and oxygen atoms in total. The summed E-state index contributed by atoms with van der Waals surface area (Å²) >= 11 is 0. The normalized spacial score (nSPS) is 16.3. The first-order chi connectivity index (χ1) is 10.5. The van der Waals surface area contributed by atoms with Crippen molar-refractivity contribution >= 4 is 15.9 Å². The molecular formula is C14H20N2O5S. The topological polar surface area (TPSA) is 98.2 Å². The Bertz CT molecular complexity index is 626. The minimum absolute atomic E-state index is 0.0353. The summed E-state index contributed by atoms with van der Waals surface area (Å²) in [6.07, 6.45) is 0.443. The summed E-state index contributed by atoms with van der Waals surface area (Å²) in [5, 5.41) is 17.9. The van der Waals surface area contributed by atoms with E-state index >= 15 is 0 Å². The van der Waals surface area contributed by atoms with Crippen LogP contribution in [-0.2, 0) is 10.0 Å². The second-order valence-corrected chi connectivity index (χ2v) is 6.85. The standard InChI is InChI=1S/C14H20N2O5S/c17-10-8-15(9-11-18)6-3-7-16-14(19)12-4-1-2-5-13(12)22(16,20)21/h1-2,4-5,17-18H,3,6-11H2. The minimum atomic E-state index is -3.75. The van der Waals surface area contributed by atoms with Crippen molar-refractivity contribution in [3.63, 3.8) is 0 Å². The van der Waals surface area contributed by atoms with Crippen molar-refractivity contribution in [1.29, 1.82) is 0 Å². The van der Waals surface area contributed by atoms with Crippen LogP contribution in [0.4, 0.5) is 0 Å². The summed E-state index contributed by atoms with van der Waals surface area (Å²) in [5.41, 5.74) is 0.213. The van der Waals surface area contributed by atoms with Crippen molar-refractivity contribution in [3.05, 3.63) is 29.8 Å². The van der Waals surface area contributed by atoms with Gasteiger partial charge in [-0.2, -0.15) is 0 Å². The van der Waals surface area contributed by atoms with Crippen LogP contribution in [0, 0.1) is 0 Å². The number of hydrogen-bond donors (Lipinski definition) is 2. The van der Waals surface area contributed by atoms with Crippen molar-refractivity contribution in [3.8, 4) is 0 Å². The Kier molecular flexibility index (Phi) is 5.52. The van der Waals surface area contributed by atoms with Crippen LogP contribution >= 0.6 is 0 Å². The van der Waals surface area contributed by atoms with Crippen LogP contribution in [0.15, 0.2) is 29.2 Å². The Morgan fingerprint density at radius 2 is 1.68 bits per heavy atom. The Labute approximate surface area is 129 Å². The zero-order valence-corrected chi connectivity index (χ0v) is 13.0. The SMILES string of the molecule is O=C1c2ccccc2S(=O)(=O)N1CCCN(CCO)CCO. The van der Waals surface area contributed by atoms with Crippen molar-refractivity contribution in [2.75, 3.05) is 39.4 Å². The van der Waals surface area contributed by atoms with E-state index in [1.807, 2.05) is 4.90 Å². The fraction of sp³-hybridized carbons (Fsp3) is 0.500. The molecule has 1 aromatic carbocycles. The number of rotatable bonds is 8. The molecule has 1 aliphatic heterocycles. The highest BCUT2D eigenvalue weighted by Gasteiger charge is 2.40. The molecule has 1 heterocycles. The molecule has 2 rings (SSSR count). The lowest BCUT2D eigenvalue weighted by Crippen LogP contribution is -2.35. The Morgan fingerprint density at radius 3 is 2.27 bits per heavy atom. The molecule has 0 radical (unpaired) electrons. The molecule has 1 amide bonds. The molecule has 0 fully saturated rings. The van der Waals surface area contributed by atoms with Gasteiger partial charge in [-0.25, -0.2) is 12.7 Å². The van der Waals surface area contributed by atoms with E-state index in [4.69, 9.17) is 10.2 Å². The summed E-state index contributed by atoms with van der Waals surface area (Å²) < 4.78 is 25.6. The summed E-state index contributed by atoms with van der Waals surface area (Å²) in [5.74, 6) is -0.494. The number of sulfonamides is 1. The van der Waals surface area contributed by atoms with Gasteiger partial charge in [0.05, 0.1) is 18.8 Å². The van der Waals surface area contributed by atoms with E-state index in [-0.39, 0.29) is 30.2 Å². The summed E-state index contributed by atoms with van der Waals surface area (Å²) in [4.78, 5) is 14.1. The fourth-order valence-electron chi connectivity index (χ4n) is 2.51. The number of fused-ring (bicyclic) bond motifs is 1. The van der Waals surface area contributed by atoms with Gasteiger partial charge in [0.2, 0.25) is 0 Å². The molecule has 0 atom stereocenters. The first kappa shape index (κ1) is 16.9. The highest BCUT2D eigenvalue weighted by molar-refractivity contribution is 7.90. The van der Waals surface area contributed by atoms with Crippen LogP contribution in [0.25, 0.3) is 0 Å². The van der Waals surface area contributed by atoms with Crippen molar-refractivity contribution in [2.45, 2.75) is 11.3 Å². The largest absolute Gasteiger partial charge is 0.395 e. The monoisotopic (exact) mass is 328 g/mol. The van der Waals surface area contributed by atoms with E-state index in [2.05, 4.69) is 0 Å². The Hall–Kier alpha value is -1.48. The average molecular weight is 328 g/mol. The number of nitrogens with zero attached hydrogens (tertiary/aromatic N) is 2. The van der Waals surface area contributed by atoms with Gasteiger partial charge in [0.15, 0.2) is 0 Å². The number of benzene rings is 1. The second-order valence-electron chi connectivity index (χ2n) is 5.02. The predicted octanol–water partition coefficient (Wildman–Crippen LogP) is -0.492. The second kappa shape index (κ2) is 7.19. The smallest absolute Gasteiger partial charge is 0.269 e. The van der Waals surface area contributed by atoms with E-state index in [9.17, 15) is 13.2 Å². The molecule has 0 aromatic heterocycles. The molecule has 1 aliphatic rings. The van der Waals surface area contributed by atoms with Gasteiger partial charge in [-0.15, -0.1) is 0 Å². The molecule has 122 valence electrons. The summed E-state index contributed by atoms with van der Waals surface area (Å²) in [6, 6.07) is 6.18. The van der Waals surface area contributed by atoms with Crippen LogP contribution in [0.3, 0.4) is 0 Å². The summed E-state index contributed by atoms with van der Waals surface area (Å²) in [7, 11) is -3.75. The van der Waals surface area contributed by atoms with Crippen LogP contribution in [0.1, 0.15) is 16.8 Å². The third-order valence-electron chi connectivity index (χ3n) is 3.58. The van der Waals surface area contributed by atoms with E-state index in [0.717, 1.165) is 4.31 Å². The number of amides is 1. The van der Waals surface area contributed by atoms with Crippen molar-refractivity contribution in [2.24, 2.45) is 0 Å². The van der Waals surface area contributed by atoms with Gasteiger partial charge in [0.1, 0.15) is 4.90 Å². The maximum absolute atomic E-state index is 12.3. The van der Waals surface area contributed by atoms with Gasteiger partial charge < -0.3 is 10.2 Å². The number of carbonyl (C=O) groups excluding carboxylic acids is 1. The zero-order chi connectivity index (χ0) is 16.2. The minimum Gasteiger partial charge on any atom is -0.395 e. The molecule has 0 unspecified atom stereocenters. The van der Waals surface area contributed by atoms with Gasteiger partial charge >= 0.3 is 0 Å². The molecule has 22 heavy (non-hydrogen) atoms. The molecule has 0 saturated carbocycles. The highest BCUT2D eigenvalue weighted by atomic mass is 32.2. The molecule has 0 aliphatic carbocycles. The summed E-state index contributed by atoms with van der Waals surface area (Å²) in [6.45, 7) is 1.32. The Morgan fingerprint density at radius 1 is 1.05 bits per heavy atom. The number of carbonyl (C=O) groups is 1. The molecule has 0 bridgehead atoms. The van der Waals surface area contributed by atoms with Crippen LogP contribution < -0.4 is 0 Å². The molecular weight excluding hydrogens is 308 g/mol. The number of hydrogen-bond acceptors (Lipinski definition) is 6. The number of aliphatic hydroxyl groups excluding tert-OH is 2. The molecule has 0 spiro atoms. The third-order valence-corrected chi connectivity index (χ3v) is 5.42. The van der Waals surface area contributed by atoms with Crippen molar-refractivity contribution in [1.82, 2.24) is 9.21 Å². The van der Waals surface area contributed by atoms with Gasteiger partial charge in [-0.1, -0.05) is 12.1 Å². The zero-order valence-electron chi connectivity index (χ0n) is 12.2. The van der Waals surface area contributed by atoms with Gasteiger partial charge in [0.25, 0.3) is 15.9 Å². The van der Waals surface area contributed by atoms with Crippen LogP contribution in [-0.4, -0.2) is 73.1 Å². The predicted molar refractivity (Wildman–Crippen MR) is 79.9 cm³/mol. The molecule has 1 aromatic rings. The van der Waals surface area contributed by atoms with Crippen LogP contribution in [0.2, 0.25) is 0 Å². The molecule has 2 N–H and O–H groups in total. The lowest BCUT2D eigenvalue weighted by molar-refractivity contribution is 0.0863. The van der Waals surface area contributed by atoms with Crippen molar-refractivity contribution < 1.29 is 23.4 Å². The lowest BCUT2D eigenvalue weighted by atomic mass is 10.2. The average Bonchev–Trinajstić information content (AvgIpc) is 2.69. The third kappa shape index (κ3) is 3.30. The maximum atomic E-state index is 12.3. The van der Waals surface area contributed by atoms with E-state index in [0.29, 0.717) is 26.1 Å². The highest BCUT2D eigenvalue weighted by Crippen LogP contribution is 2.29. The van der Waals surface area contributed by atoms with Crippen LogP contribution in [0.5, 0.6) is 0 Å². The molecule has 8 heteroatoms. The number of aliphatic hydroxyl groups is 2. The fourth-order valence-corrected chi connectivity index (χ4v) is 4.12. The quantitative estimate of drug-likeness (QED) is 0.668. The van der Waals surface area contributed by atoms with E-state index < -0.39 is 15.9 Å². The lowest BCUT2D eigenvalue weighted by Gasteiger charge is -2.21. The van der Waals surface area contributed by atoms with E-state index in [1.54, 1.807) is 12.1 Å².